The minimum Gasteiger partial charge on any atom is -0.343 e. The second-order valence-electron chi connectivity index (χ2n) is 7.21. The van der Waals surface area contributed by atoms with Gasteiger partial charge < -0.3 is 10.6 Å². The van der Waals surface area contributed by atoms with E-state index in [4.69, 9.17) is 5.73 Å². The molecule has 0 spiro atoms. The van der Waals surface area contributed by atoms with Crippen molar-refractivity contribution in [3.63, 3.8) is 0 Å². The number of piperidine rings is 1. The molecule has 0 atom stereocenters. The summed E-state index contributed by atoms with van der Waals surface area (Å²) < 4.78 is 0. The van der Waals surface area contributed by atoms with Gasteiger partial charge in [-0.15, -0.1) is 0 Å². The van der Waals surface area contributed by atoms with Crippen LogP contribution in [0.2, 0.25) is 0 Å². The van der Waals surface area contributed by atoms with E-state index in [9.17, 15) is 9.59 Å². The number of ketones is 1. The maximum atomic E-state index is 12.7. The van der Waals surface area contributed by atoms with Gasteiger partial charge in [-0.1, -0.05) is 38.1 Å². The van der Waals surface area contributed by atoms with Crippen LogP contribution in [-0.4, -0.2) is 36.2 Å². The van der Waals surface area contributed by atoms with E-state index >= 15 is 0 Å². The van der Waals surface area contributed by atoms with Crippen molar-refractivity contribution in [2.45, 2.75) is 46.0 Å². The molecule has 1 aliphatic rings. The van der Waals surface area contributed by atoms with Crippen LogP contribution in [0.4, 0.5) is 0 Å². The fraction of sp³-hybridized carbons (Fsp3) is 0.600. The van der Waals surface area contributed by atoms with Crippen molar-refractivity contribution in [3.8, 4) is 0 Å². The fourth-order valence-electron chi connectivity index (χ4n) is 3.31. The first kappa shape index (κ1) is 18.7. The maximum absolute atomic E-state index is 12.7. The Hall–Kier alpha value is -1.68. The van der Waals surface area contributed by atoms with Crippen LogP contribution < -0.4 is 5.73 Å². The van der Waals surface area contributed by atoms with Gasteiger partial charge in [0.1, 0.15) is 0 Å². The number of hydrogen-bond acceptors (Lipinski definition) is 3. The van der Waals surface area contributed by atoms with E-state index < -0.39 is 0 Å². The van der Waals surface area contributed by atoms with Gasteiger partial charge in [0.15, 0.2) is 5.78 Å². The van der Waals surface area contributed by atoms with Crippen LogP contribution in [0.3, 0.4) is 0 Å². The number of benzene rings is 1. The van der Waals surface area contributed by atoms with Gasteiger partial charge in [-0.3, -0.25) is 9.59 Å². The van der Waals surface area contributed by atoms with E-state index in [1.165, 1.54) is 5.56 Å². The number of rotatable bonds is 7. The van der Waals surface area contributed by atoms with E-state index in [0.29, 0.717) is 32.0 Å². The first-order valence-corrected chi connectivity index (χ1v) is 9.12. The maximum Gasteiger partial charge on any atom is 0.222 e. The molecule has 0 aliphatic carbocycles. The molecule has 1 aliphatic heterocycles. The molecular formula is C20H30N2O2. The molecule has 1 aromatic carbocycles. The molecular weight excluding hydrogens is 300 g/mol. The molecule has 0 unspecified atom stereocenters. The third-order valence-electron chi connectivity index (χ3n) is 4.70. The minimum atomic E-state index is 0.0412. The number of carbonyl (C=O) groups excluding carboxylic acids is 2. The average molecular weight is 330 g/mol. The molecule has 1 amide bonds. The average Bonchev–Trinajstić information content (AvgIpc) is 2.59. The zero-order valence-corrected chi connectivity index (χ0v) is 15.0. The first-order valence-electron chi connectivity index (χ1n) is 9.12. The van der Waals surface area contributed by atoms with Crippen molar-refractivity contribution in [2.24, 2.45) is 17.6 Å². The van der Waals surface area contributed by atoms with Crippen molar-refractivity contribution in [2.75, 3.05) is 19.6 Å². The lowest BCUT2D eigenvalue weighted by Gasteiger charge is -2.31. The predicted octanol–water partition coefficient (Wildman–Crippen LogP) is 3.05. The molecule has 0 bridgehead atoms. The molecule has 1 aromatic rings. The molecule has 2 rings (SSSR count). The normalized spacial score (nSPS) is 15.8. The fourth-order valence-corrected chi connectivity index (χ4v) is 3.31. The summed E-state index contributed by atoms with van der Waals surface area (Å²) in [6, 6.07) is 8.05. The summed E-state index contributed by atoms with van der Waals surface area (Å²) in [5, 5.41) is 0. The molecule has 24 heavy (non-hydrogen) atoms. The first-order chi connectivity index (χ1) is 11.5. The lowest BCUT2D eigenvalue weighted by molar-refractivity contribution is -0.132. The molecule has 0 saturated carbocycles. The van der Waals surface area contributed by atoms with Gasteiger partial charge in [0.05, 0.1) is 0 Å². The van der Waals surface area contributed by atoms with Gasteiger partial charge in [0.2, 0.25) is 5.91 Å². The summed E-state index contributed by atoms with van der Waals surface area (Å²) in [5.41, 5.74) is 7.54. The summed E-state index contributed by atoms with van der Waals surface area (Å²) in [6.45, 7) is 6.31. The Kier molecular flexibility index (Phi) is 6.98. The summed E-state index contributed by atoms with van der Waals surface area (Å²) in [6.07, 6.45) is 3.83. The van der Waals surface area contributed by atoms with Gasteiger partial charge in [-0.25, -0.2) is 0 Å². The largest absolute Gasteiger partial charge is 0.343 e. The summed E-state index contributed by atoms with van der Waals surface area (Å²) in [4.78, 5) is 26.6. The van der Waals surface area contributed by atoms with Crippen molar-refractivity contribution >= 4 is 11.7 Å². The smallest absolute Gasteiger partial charge is 0.222 e. The topological polar surface area (TPSA) is 63.4 Å². The Balaban J connectivity index is 1.87. The van der Waals surface area contributed by atoms with Crippen molar-refractivity contribution in [3.05, 3.63) is 35.4 Å². The van der Waals surface area contributed by atoms with Crippen LogP contribution >= 0.6 is 0 Å². The highest BCUT2D eigenvalue weighted by Gasteiger charge is 2.27. The molecule has 1 saturated heterocycles. The van der Waals surface area contributed by atoms with Crippen LogP contribution in [0.5, 0.6) is 0 Å². The van der Waals surface area contributed by atoms with Gasteiger partial charge in [0.25, 0.3) is 0 Å². The number of carbonyl (C=O) groups is 2. The standard InChI is InChI=1S/C20H30N2O2/c1-15(2)14-16-5-7-17(8-6-16)20(24)18-9-12-22(13-10-18)19(23)4-3-11-21/h5-8,15,18H,3-4,9-14,21H2,1-2H3. The lowest BCUT2D eigenvalue weighted by Crippen LogP contribution is -2.40. The zero-order chi connectivity index (χ0) is 17.5. The number of nitrogens with two attached hydrogens (primary N) is 1. The Morgan fingerprint density at radius 2 is 1.79 bits per heavy atom. The van der Waals surface area contributed by atoms with E-state index in [1.54, 1.807) is 0 Å². The van der Waals surface area contributed by atoms with Crippen molar-refractivity contribution < 1.29 is 9.59 Å². The van der Waals surface area contributed by atoms with Crippen molar-refractivity contribution in [1.29, 1.82) is 0 Å². The highest BCUT2D eigenvalue weighted by Crippen LogP contribution is 2.23. The Labute approximate surface area is 145 Å². The van der Waals surface area contributed by atoms with Crippen LogP contribution in [0.1, 0.15) is 55.5 Å². The SMILES string of the molecule is CC(C)Cc1ccc(C(=O)C2CCN(C(=O)CCCN)CC2)cc1. The number of likely N-dealkylation sites (tertiary alicyclic amines) is 1. The van der Waals surface area contributed by atoms with Gasteiger partial charge >= 0.3 is 0 Å². The second-order valence-corrected chi connectivity index (χ2v) is 7.21. The summed E-state index contributed by atoms with van der Waals surface area (Å²) >= 11 is 0. The van der Waals surface area contributed by atoms with Gasteiger partial charge in [-0.05, 0) is 43.7 Å². The zero-order valence-electron chi connectivity index (χ0n) is 15.0. The molecule has 132 valence electrons. The van der Waals surface area contributed by atoms with E-state index in [1.807, 2.05) is 17.0 Å². The Morgan fingerprint density at radius 1 is 1.17 bits per heavy atom. The third kappa shape index (κ3) is 5.17. The van der Waals surface area contributed by atoms with E-state index in [2.05, 4.69) is 26.0 Å². The van der Waals surface area contributed by atoms with Crippen LogP contribution in [0.25, 0.3) is 0 Å². The Morgan fingerprint density at radius 3 is 2.33 bits per heavy atom. The van der Waals surface area contributed by atoms with Gasteiger partial charge in [0, 0.05) is 31.0 Å². The minimum absolute atomic E-state index is 0.0412. The lowest BCUT2D eigenvalue weighted by atomic mass is 9.88. The Bertz CT molecular complexity index is 543. The molecule has 2 N–H and O–H groups in total. The highest BCUT2D eigenvalue weighted by molar-refractivity contribution is 5.98. The molecule has 1 heterocycles. The van der Waals surface area contributed by atoms with Crippen LogP contribution in [0.15, 0.2) is 24.3 Å². The van der Waals surface area contributed by atoms with Crippen molar-refractivity contribution in [1.82, 2.24) is 4.90 Å². The molecule has 4 heteroatoms. The van der Waals surface area contributed by atoms with E-state index in [-0.39, 0.29) is 17.6 Å². The molecule has 0 aromatic heterocycles. The summed E-state index contributed by atoms with van der Waals surface area (Å²) in [5.74, 6) is 1.05. The van der Waals surface area contributed by atoms with E-state index in [0.717, 1.165) is 31.2 Å². The monoisotopic (exact) mass is 330 g/mol. The number of hydrogen-bond donors (Lipinski definition) is 1. The molecule has 4 nitrogen and oxygen atoms in total. The van der Waals surface area contributed by atoms with Crippen LogP contribution in [0, 0.1) is 11.8 Å². The third-order valence-corrected chi connectivity index (χ3v) is 4.70. The molecule has 0 radical (unpaired) electrons. The summed E-state index contributed by atoms with van der Waals surface area (Å²) in [7, 11) is 0. The van der Waals surface area contributed by atoms with Gasteiger partial charge in [-0.2, -0.15) is 0 Å². The molecule has 1 fully saturated rings. The number of nitrogens with zero attached hydrogens (tertiary/aromatic N) is 1. The quantitative estimate of drug-likeness (QED) is 0.782. The highest BCUT2D eigenvalue weighted by atomic mass is 16.2. The number of Topliss-reactive ketones (excluding diaryl/α,β-unsaturated/α-hetero) is 1. The number of amides is 1. The predicted molar refractivity (Wildman–Crippen MR) is 96.9 cm³/mol. The second kappa shape index (κ2) is 8.97. The van der Waals surface area contributed by atoms with Crippen LogP contribution in [-0.2, 0) is 11.2 Å².